The van der Waals surface area contributed by atoms with Crippen LogP contribution in [-0.2, 0) is 21.2 Å². The summed E-state index contributed by atoms with van der Waals surface area (Å²) in [5, 5.41) is 0.143. The molecule has 0 unspecified atom stereocenters. The molecule has 0 heterocycles. The highest BCUT2D eigenvalue weighted by molar-refractivity contribution is 7.89. The first-order valence-electron chi connectivity index (χ1n) is 7.35. The maximum Gasteiger partial charge on any atom is 0.339 e. The van der Waals surface area contributed by atoms with Gasteiger partial charge < -0.3 is 4.74 Å². The monoisotopic (exact) mass is 367 g/mol. The molecule has 0 radical (unpaired) electrons. The van der Waals surface area contributed by atoms with Crippen LogP contribution in [0.5, 0.6) is 0 Å². The number of halogens is 1. The number of benzene rings is 2. The van der Waals surface area contributed by atoms with Crippen LogP contribution in [0.2, 0.25) is 5.02 Å². The van der Waals surface area contributed by atoms with Gasteiger partial charge in [0.05, 0.1) is 22.6 Å². The van der Waals surface area contributed by atoms with Gasteiger partial charge in [0.1, 0.15) is 0 Å². The second-order valence-electron chi connectivity index (χ2n) is 5.12. The first-order chi connectivity index (χ1) is 11.4. The van der Waals surface area contributed by atoms with E-state index in [-0.39, 0.29) is 15.5 Å². The molecule has 0 fully saturated rings. The number of hydrogen-bond acceptors (Lipinski definition) is 4. The fourth-order valence-corrected chi connectivity index (χ4v) is 3.46. The Morgan fingerprint density at radius 1 is 1.17 bits per heavy atom. The van der Waals surface area contributed by atoms with Gasteiger partial charge in [-0.25, -0.2) is 17.9 Å². The lowest BCUT2D eigenvalue weighted by Crippen LogP contribution is -2.25. The Bertz CT molecular complexity index is 807. The molecule has 24 heavy (non-hydrogen) atoms. The molecule has 0 saturated heterocycles. The van der Waals surface area contributed by atoms with Crippen LogP contribution in [0.15, 0.2) is 53.4 Å². The van der Waals surface area contributed by atoms with Crippen LogP contribution < -0.4 is 4.72 Å². The molecule has 128 valence electrons. The van der Waals surface area contributed by atoms with Gasteiger partial charge in [-0.3, -0.25) is 0 Å². The van der Waals surface area contributed by atoms with Crippen LogP contribution in [0.25, 0.3) is 0 Å². The molecule has 0 atom stereocenters. The van der Waals surface area contributed by atoms with Crippen LogP contribution in [-0.4, -0.2) is 28.0 Å². The molecule has 0 aliphatic carbocycles. The summed E-state index contributed by atoms with van der Waals surface area (Å²) in [6.45, 7) is 0.299. The van der Waals surface area contributed by atoms with E-state index in [1.54, 1.807) is 0 Å². The second kappa shape index (κ2) is 8.28. The number of methoxy groups -OCH3 is 1. The van der Waals surface area contributed by atoms with Gasteiger partial charge in [0, 0.05) is 6.54 Å². The van der Waals surface area contributed by atoms with Crippen molar-refractivity contribution in [2.75, 3.05) is 13.7 Å². The third-order valence-electron chi connectivity index (χ3n) is 3.43. The normalized spacial score (nSPS) is 11.2. The van der Waals surface area contributed by atoms with Crippen molar-refractivity contribution >= 4 is 27.6 Å². The van der Waals surface area contributed by atoms with Gasteiger partial charge in [0.15, 0.2) is 0 Å². The lowest BCUT2D eigenvalue weighted by atomic mass is 10.1. The zero-order chi connectivity index (χ0) is 17.6. The molecule has 0 bridgehead atoms. The first kappa shape index (κ1) is 18.4. The van der Waals surface area contributed by atoms with Crippen LogP contribution in [0, 0.1) is 0 Å². The minimum Gasteiger partial charge on any atom is -0.465 e. The maximum atomic E-state index is 12.3. The van der Waals surface area contributed by atoms with E-state index < -0.39 is 16.0 Å². The number of carbonyl (C=O) groups is 1. The lowest BCUT2D eigenvalue weighted by Gasteiger charge is -2.09. The van der Waals surface area contributed by atoms with Crippen molar-refractivity contribution in [3.05, 3.63) is 64.7 Å². The summed E-state index contributed by atoms with van der Waals surface area (Å²) in [7, 11) is -2.50. The molecule has 1 N–H and O–H groups in total. The molecular weight excluding hydrogens is 350 g/mol. The van der Waals surface area contributed by atoms with Crippen molar-refractivity contribution in [2.24, 2.45) is 0 Å². The number of aryl methyl sites for hydroxylation is 1. The molecule has 7 heteroatoms. The van der Waals surface area contributed by atoms with E-state index in [4.69, 9.17) is 11.6 Å². The average molecular weight is 368 g/mol. The topological polar surface area (TPSA) is 72.5 Å². The molecule has 2 aromatic carbocycles. The third kappa shape index (κ3) is 4.80. The first-order valence-corrected chi connectivity index (χ1v) is 9.21. The van der Waals surface area contributed by atoms with Crippen LogP contribution >= 0.6 is 11.6 Å². The summed E-state index contributed by atoms with van der Waals surface area (Å²) >= 11 is 5.90. The lowest BCUT2D eigenvalue weighted by molar-refractivity contribution is 0.0600. The van der Waals surface area contributed by atoms with E-state index in [0.717, 1.165) is 12.0 Å². The van der Waals surface area contributed by atoms with Crippen molar-refractivity contribution in [1.29, 1.82) is 0 Å². The van der Waals surface area contributed by atoms with Gasteiger partial charge in [-0.2, -0.15) is 0 Å². The summed E-state index contributed by atoms with van der Waals surface area (Å²) in [5.74, 6) is -0.680. The number of nitrogens with one attached hydrogen (secondary N) is 1. The standard InChI is InChI=1S/C17H18ClNO4S/c1-23-17(20)15-12-14(9-10-16(15)18)24(21,22)19-11-5-8-13-6-3-2-4-7-13/h2-4,6-7,9-10,12,19H,5,8,11H2,1H3. The predicted octanol–water partition coefficient (Wildman–Crippen LogP) is 3.04. The molecule has 0 saturated carbocycles. The van der Waals surface area contributed by atoms with E-state index in [2.05, 4.69) is 9.46 Å². The van der Waals surface area contributed by atoms with Gasteiger partial charge in [0.2, 0.25) is 10.0 Å². The Hall–Kier alpha value is -1.89. The Morgan fingerprint density at radius 3 is 2.54 bits per heavy atom. The predicted molar refractivity (Wildman–Crippen MR) is 92.7 cm³/mol. The highest BCUT2D eigenvalue weighted by Crippen LogP contribution is 2.21. The number of esters is 1. The number of hydrogen-bond donors (Lipinski definition) is 1. The largest absolute Gasteiger partial charge is 0.465 e. The quantitative estimate of drug-likeness (QED) is 0.603. The van der Waals surface area contributed by atoms with Gasteiger partial charge in [-0.15, -0.1) is 0 Å². The van der Waals surface area contributed by atoms with Crippen molar-refractivity contribution in [1.82, 2.24) is 4.72 Å². The van der Waals surface area contributed by atoms with Crippen LogP contribution in [0.1, 0.15) is 22.3 Å². The van der Waals surface area contributed by atoms with Crippen LogP contribution in [0.3, 0.4) is 0 Å². The molecule has 0 aliphatic heterocycles. The Morgan fingerprint density at radius 2 is 1.88 bits per heavy atom. The fraction of sp³-hybridized carbons (Fsp3) is 0.235. The molecule has 2 rings (SSSR count). The minimum absolute atomic E-state index is 0.0197. The van der Waals surface area contributed by atoms with Gasteiger partial charge in [-0.1, -0.05) is 41.9 Å². The molecule has 2 aromatic rings. The number of carbonyl (C=O) groups excluding carboxylic acids is 1. The molecule has 5 nitrogen and oxygen atoms in total. The van der Waals surface area contributed by atoms with Gasteiger partial charge >= 0.3 is 5.97 Å². The van der Waals surface area contributed by atoms with Crippen molar-refractivity contribution in [3.63, 3.8) is 0 Å². The summed E-state index contributed by atoms with van der Waals surface area (Å²) in [6.07, 6.45) is 1.44. The zero-order valence-electron chi connectivity index (χ0n) is 13.2. The van der Waals surface area contributed by atoms with Crippen molar-refractivity contribution < 1.29 is 17.9 Å². The smallest absolute Gasteiger partial charge is 0.339 e. The number of rotatable bonds is 7. The molecular formula is C17H18ClNO4S. The molecule has 0 aromatic heterocycles. The van der Waals surface area contributed by atoms with E-state index in [0.29, 0.717) is 13.0 Å². The van der Waals surface area contributed by atoms with E-state index in [1.165, 1.54) is 25.3 Å². The van der Waals surface area contributed by atoms with E-state index in [9.17, 15) is 13.2 Å². The van der Waals surface area contributed by atoms with Crippen molar-refractivity contribution in [2.45, 2.75) is 17.7 Å². The number of ether oxygens (including phenoxy) is 1. The minimum atomic E-state index is -3.71. The Labute approximate surface area is 146 Å². The SMILES string of the molecule is COC(=O)c1cc(S(=O)(=O)NCCCc2ccccc2)ccc1Cl. The highest BCUT2D eigenvalue weighted by Gasteiger charge is 2.18. The zero-order valence-corrected chi connectivity index (χ0v) is 14.7. The Balaban J connectivity index is 2.01. The maximum absolute atomic E-state index is 12.3. The van der Waals surface area contributed by atoms with Crippen molar-refractivity contribution in [3.8, 4) is 0 Å². The van der Waals surface area contributed by atoms with Crippen LogP contribution in [0.4, 0.5) is 0 Å². The average Bonchev–Trinajstić information content (AvgIpc) is 2.59. The summed E-state index contributed by atoms with van der Waals surface area (Å²) in [6, 6.07) is 13.8. The summed E-state index contributed by atoms with van der Waals surface area (Å²) in [5.41, 5.74) is 1.17. The van der Waals surface area contributed by atoms with Gasteiger partial charge in [-0.05, 0) is 36.6 Å². The molecule has 0 spiro atoms. The van der Waals surface area contributed by atoms with Gasteiger partial charge in [0.25, 0.3) is 0 Å². The molecule has 0 amide bonds. The second-order valence-corrected chi connectivity index (χ2v) is 7.29. The third-order valence-corrected chi connectivity index (χ3v) is 5.22. The van der Waals surface area contributed by atoms with E-state index in [1.807, 2.05) is 30.3 Å². The highest BCUT2D eigenvalue weighted by atomic mass is 35.5. The summed E-state index contributed by atoms with van der Waals surface area (Å²) in [4.78, 5) is 11.6. The summed E-state index contributed by atoms with van der Waals surface area (Å²) < 4.78 is 31.7. The van der Waals surface area contributed by atoms with E-state index >= 15 is 0 Å². The molecule has 0 aliphatic rings. The fourth-order valence-electron chi connectivity index (χ4n) is 2.16. The number of sulfonamides is 1. The Kier molecular flexibility index (Phi) is 6.36.